The van der Waals surface area contributed by atoms with Crippen LogP contribution in [0, 0.1) is 0 Å². The molecular weight excluding hydrogens is 130 g/mol. The van der Waals surface area contributed by atoms with Gasteiger partial charge in [0.1, 0.15) is 7.11 Å². The second-order valence-corrected chi connectivity index (χ2v) is 1.85. The predicted octanol–water partition coefficient (Wildman–Crippen LogP) is 0.400. The van der Waals surface area contributed by atoms with Crippen molar-refractivity contribution in [2.24, 2.45) is 12.2 Å². The van der Waals surface area contributed by atoms with Gasteiger partial charge in [-0.2, -0.15) is 0 Å². The van der Waals surface area contributed by atoms with Gasteiger partial charge < -0.3 is 9.40 Å². The Morgan fingerprint density at radius 2 is 2.60 bits per heavy atom. The second kappa shape index (κ2) is 3.00. The van der Waals surface area contributed by atoms with Crippen molar-refractivity contribution in [1.82, 2.24) is 9.55 Å². The smallest absolute Gasteiger partial charge is 0.106 e. The van der Waals surface area contributed by atoms with Gasteiger partial charge in [0.05, 0.1) is 24.4 Å². The van der Waals surface area contributed by atoms with Crippen LogP contribution in [-0.4, -0.2) is 22.9 Å². The lowest BCUT2D eigenvalue weighted by molar-refractivity contribution is 0.215. The van der Waals surface area contributed by atoms with Crippen LogP contribution in [0.4, 0.5) is 0 Å². The van der Waals surface area contributed by atoms with Crippen molar-refractivity contribution in [3.05, 3.63) is 18.2 Å². The molecular formula is C6H9N3O. The third-order valence-corrected chi connectivity index (χ3v) is 1.14. The van der Waals surface area contributed by atoms with Crippen LogP contribution in [-0.2, 0) is 11.9 Å². The minimum absolute atomic E-state index is 0.918. The zero-order valence-corrected chi connectivity index (χ0v) is 5.98. The van der Waals surface area contributed by atoms with Crippen LogP contribution in [0.15, 0.2) is 17.7 Å². The molecule has 4 heteroatoms. The van der Waals surface area contributed by atoms with Crippen molar-refractivity contribution in [3.8, 4) is 0 Å². The van der Waals surface area contributed by atoms with Crippen LogP contribution in [0.2, 0.25) is 0 Å². The van der Waals surface area contributed by atoms with Crippen LogP contribution in [0.25, 0.3) is 0 Å². The molecule has 0 spiro atoms. The lowest BCUT2D eigenvalue weighted by Crippen LogP contribution is -1.92. The Morgan fingerprint density at radius 1 is 1.80 bits per heavy atom. The highest BCUT2D eigenvalue weighted by Crippen LogP contribution is 1.90. The molecule has 0 bridgehead atoms. The maximum absolute atomic E-state index is 4.50. The first kappa shape index (κ1) is 6.80. The lowest BCUT2D eigenvalue weighted by atomic mass is 10.5. The third kappa shape index (κ3) is 1.34. The van der Waals surface area contributed by atoms with Crippen molar-refractivity contribution in [2.45, 2.75) is 0 Å². The zero-order chi connectivity index (χ0) is 7.40. The third-order valence-electron chi connectivity index (χ3n) is 1.14. The van der Waals surface area contributed by atoms with Crippen molar-refractivity contribution in [3.63, 3.8) is 0 Å². The number of nitrogens with zero attached hydrogens (tertiary/aromatic N) is 3. The van der Waals surface area contributed by atoms with Gasteiger partial charge in [-0.15, -0.1) is 0 Å². The second-order valence-electron chi connectivity index (χ2n) is 1.85. The molecule has 1 aromatic heterocycles. The normalized spacial score (nSPS) is 10.6. The summed E-state index contributed by atoms with van der Waals surface area (Å²) >= 11 is 0. The Balaban J connectivity index is 2.74. The van der Waals surface area contributed by atoms with E-state index >= 15 is 0 Å². The Morgan fingerprint density at radius 3 is 3.10 bits per heavy atom. The molecule has 0 atom stereocenters. The topological polar surface area (TPSA) is 39.4 Å². The largest absolute Gasteiger partial charge is 0.399 e. The Kier molecular flexibility index (Phi) is 2.04. The number of hydrogen-bond acceptors (Lipinski definition) is 3. The molecule has 0 aliphatic rings. The summed E-state index contributed by atoms with van der Waals surface area (Å²) in [5.41, 5.74) is 0.918. The molecule has 0 aromatic carbocycles. The van der Waals surface area contributed by atoms with Crippen molar-refractivity contribution in [1.29, 1.82) is 0 Å². The summed E-state index contributed by atoms with van der Waals surface area (Å²) < 4.78 is 1.85. The van der Waals surface area contributed by atoms with Gasteiger partial charge in [0.15, 0.2) is 0 Å². The Hall–Kier alpha value is -1.32. The molecule has 0 saturated carbocycles. The van der Waals surface area contributed by atoms with Gasteiger partial charge in [-0.25, -0.2) is 4.98 Å². The summed E-state index contributed by atoms with van der Waals surface area (Å²) in [6, 6.07) is 0. The summed E-state index contributed by atoms with van der Waals surface area (Å²) in [6.45, 7) is 0. The van der Waals surface area contributed by atoms with Gasteiger partial charge in [-0.1, -0.05) is 5.16 Å². The van der Waals surface area contributed by atoms with E-state index in [1.54, 1.807) is 18.7 Å². The minimum Gasteiger partial charge on any atom is -0.399 e. The van der Waals surface area contributed by atoms with E-state index in [1.165, 1.54) is 7.11 Å². The first-order valence-corrected chi connectivity index (χ1v) is 2.87. The predicted molar refractivity (Wildman–Crippen MR) is 37.8 cm³/mol. The molecule has 0 N–H and O–H groups in total. The molecule has 0 radical (unpaired) electrons. The van der Waals surface area contributed by atoms with Gasteiger partial charge >= 0.3 is 0 Å². The van der Waals surface area contributed by atoms with Gasteiger partial charge in [0.25, 0.3) is 0 Å². The van der Waals surface area contributed by atoms with E-state index in [1.807, 2.05) is 11.6 Å². The summed E-state index contributed by atoms with van der Waals surface area (Å²) in [5.74, 6) is 0. The first-order chi connectivity index (χ1) is 4.84. The summed E-state index contributed by atoms with van der Waals surface area (Å²) in [6.07, 6.45) is 5.02. The van der Waals surface area contributed by atoms with Crippen molar-refractivity contribution >= 4 is 6.21 Å². The molecule has 0 saturated heterocycles. The molecule has 0 aliphatic carbocycles. The van der Waals surface area contributed by atoms with Gasteiger partial charge in [-0.05, 0) is 0 Å². The number of oxime groups is 1. The van der Waals surface area contributed by atoms with E-state index < -0.39 is 0 Å². The molecule has 0 aliphatic heterocycles. The van der Waals surface area contributed by atoms with Crippen molar-refractivity contribution < 1.29 is 4.84 Å². The van der Waals surface area contributed by atoms with Crippen LogP contribution in [0.5, 0.6) is 0 Å². The average molecular weight is 139 g/mol. The Labute approximate surface area is 59.1 Å². The van der Waals surface area contributed by atoms with E-state index in [4.69, 9.17) is 0 Å². The summed E-state index contributed by atoms with van der Waals surface area (Å²) in [7, 11) is 3.40. The highest BCUT2D eigenvalue weighted by molar-refractivity contribution is 5.76. The molecule has 1 rings (SSSR count). The van der Waals surface area contributed by atoms with Crippen molar-refractivity contribution in [2.75, 3.05) is 7.11 Å². The molecule has 1 heterocycles. The Bertz CT molecular complexity index is 229. The number of aryl methyl sites for hydroxylation is 1. The van der Waals surface area contributed by atoms with Crippen LogP contribution < -0.4 is 0 Å². The fraction of sp³-hybridized carbons (Fsp3) is 0.333. The molecule has 0 fully saturated rings. The first-order valence-electron chi connectivity index (χ1n) is 2.87. The number of hydrogen-bond donors (Lipinski definition) is 0. The standard InChI is InChI=1S/C6H9N3O/c1-9-5-7-3-6(9)4-8-10-2/h3-5H,1-2H3/b8-4+. The fourth-order valence-corrected chi connectivity index (χ4v) is 0.599. The fourth-order valence-electron chi connectivity index (χ4n) is 0.599. The van der Waals surface area contributed by atoms with Gasteiger partial charge in [0, 0.05) is 7.05 Å². The summed E-state index contributed by atoms with van der Waals surface area (Å²) in [4.78, 5) is 8.39. The molecule has 0 amide bonds. The summed E-state index contributed by atoms with van der Waals surface area (Å²) in [5, 5.41) is 3.59. The molecule has 4 nitrogen and oxygen atoms in total. The molecule has 0 unspecified atom stereocenters. The zero-order valence-electron chi connectivity index (χ0n) is 5.98. The van der Waals surface area contributed by atoms with Crippen LogP contribution in [0.1, 0.15) is 5.69 Å². The average Bonchev–Trinajstić information content (AvgIpc) is 2.31. The quantitative estimate of drug-likeness (QED) is 0.439. The van der Waals surface area contributed by atoms with Crippen LogP contribution >= 0.6 is 0 Å². The van der Waals surface area contributed by atoms with E-state index in [0.717, 1.165) is 5.69 Å². The maximum Gasteiger partial charge on any atom is 0.106 e. The highest BCUT2D eigenvalue weighted by atomic mass is 16.6. The van der Waals surface area contributed by atoms with Gasteiger partial charge in [0.2, 0.25) is 0 Å². The van der Waals surface area contributed by atoms with Crippen LogP contribution in [0.3, 0.4) is 0 Å². The maximum atomic E-state index is 4.50. The van der Waals surface area contributed by atoms with E-state index in [9.17, 15) is 0 Å². The number of aromatic nitrogens is 2. The lowest BCUT2D eigenvalue weighted by Gasteiger charge is -1.91. The minimum atomic E-state index is 0.918. The monoisotopic (exact) mass is 139 g/mol. The van der Waals surface area contributed by atoms with E-state index in [0.29, 0.717) is 0 Å². The molecule has 1 aromatic rings. The number of rotatable bonds is 2. The number of imidazole rings is 1. The molecule has 10 heavy (non-hydrogen) atoms. The van der Waals surface area contributed by atoms with Gasteiger partial charge in [-0.3, -0.25) is 0 Å². The highest BCUT2D eigenvalue weighted by Gasteiger charge is 1.90. The van der Waals surface area contributed by atoms with E-state index in [-0.39, 0.29) is 0 Å². The molecule has 54 valence electrons. The SMILES string of the molecule is CO/N=C/c1cncn1C. The van der Waals surface area contributed by atoms with E-state index in [2.05, 4.69) is 15.0 Å².